The summed E-state index contributed by atoms with van der Waals surface area (Å²) in [6.07, 6.45) is 1.08. The van der Waals surface area contributed by atoms with Gasteiger partial charge < -0.3 is 9.30 Å². The number of benzene rings is 2. The van der Waals surface area contributed by atoms with Crippen LogP contribution in [-0.2, 0) is 22.5 Å². The molecule has 2 heterocycles. The van der Waals surface area contributed by atoms with Gasteiger partial charge in [0.2, 0.25) is 0 Å². The summed E-state index contributed by atoms with van der Waals surface area (Å²) in [4.78, 5) is 22.0. The first kappa shape index (κ1) is 24.0. The van der Waals surface area contributed by atoms with Gasteiger partial charge in [0.05, 0.1) is 19.6 Å². The minimum Gasteiger partial charge on any atom is -0.466 e. The van der Waals surface area contributed by atoms with Crippen molar-refractivity contribution in [1.82, 2.24) is 14.5 Å². The van der Waals surface area contributed by atoms with E-state index in [1.165, 1.54) is 0 Å². The number of carbonyl (C=O) groups excluding carboxylic acids is 1. The Hall–Kier alpha value is -3.18. The van der Waals surface area contributed by atoms with E-state index in [2.05, 4.69) is 48.7 Å². The number of pyridine rings is 1. The van der Waals surface area contributed by atoms with E-state index in [1.807, 2.05) is 38.1 Å². The van der Waals surface area contributed by atoms with E-state index in [0.717, 1.165) is 51.4 Å². The lowest BCUT2D eigenvalue weighted by Gasteiger charge is -2.19. The van der Waals surface area contributed by atoms with Crippen LogP contribution >= 0.6 is 11.6 Å². The van der Waals surface area contributed by atoms with Gasteiger partial charge in [-0.15, -0.1) is 0 Å². The molecule has 4 rings (SSSR count). The molecular formula is C28H30ClN3O2. The van der Waals surface area contributed by atoms with Crippen LogP contribution in [-0.4, -0.2) is 27.1 Å². The predicted molar refractivity (Wildman–Crippen MR) is 136 cm³/mol. The van der Waals surface area contributed by atoms with Crippen molar-refractivity contribution >= 4 is 28.7 Å². The van der Waals surface area contributed by atoms with E-state index in [-0.39, 0.29) is 18.3 Å². The Morgan fingerprint density at radius 3 is 2.47 bits per heavy atom. The summed E-state index contributed by atoms with van der Waals surface area (Å²) >= 11 is 6.50. The predicted octanol–water partition coefficient (Wildman–Crippen LogP) is 6.40. The van der Waals surface area contributed by atoms with Gasteiger partial charge in [0, 0.05) is 23.1 Å². The number of halogens is 1. The summed E-state index contributed by atoms with van der Waals surface area (Å²) in [5.41, 5.74) is 7.13. The van der Waals surface area contributed by atoms with Gasteiger partial charge in [-0.25, -0.2) is 9.97 Å². The molecule has 6 heteroatoms. The molecule has 0 N–H and O–H groups in total. The van der Waals surface area contributed by atoms with E-state index in [1.54, 1.807) is 0 Å². The van der Waals surface area contributed by atoms with Crippen LogP contribution in [0.25, 0.3) is 11.2 Å². The first-order valence-corrected chi connectivity index (χ1v) is 12.1. The average Bonchev–Trinajstić information content (AvgIpc) is 3.16. The Balaban J connectivity index is 1.67. The maximum atomic E-state index is 12.4. The van der Waals surface area contributed by atoms with E-state index in [0.29, 0.717) is 18.2 Å². The molecule has 0 bridgehead atoms. The van der Waals surface area contributed by atoms with Crippen LogP contribution in [0.15, 0.2) is 54.6 Å². The summed E-state index contributed by atoms with van der Waals surface area (Å²) in [5.74, 6) is 0.622. The number of aryl methyl sites for hydroxylation is 3. The third-order valence-corrected chi connectivity index (χ3v) is 6.44. The second-order valence-electron chi connectivity index (χ2n) is 8.55. The van der Waals surface area contributed by atoms with Gasteiger partial charge in [0.25, 0.3) is 0 Å². The monoisotopic (exact) mass is 475 g/mol. The maximum Gasteiger partial charge on any atom is 0.306 e. The van der Waals surface area contributed by atoms with Crippen molar-refractivity contribution in [3.05, 3.63) is 93.4 Å². The fraction of sp³-hybridized carbons (Fsp3) is 0.321. The summed E-state index contributed by atoms with van der Waals surface area (Å²) < 4.78 is 7.44. The molecule has 1 atom stereocenters. The van der Waals surface area contributed by atoms with Crippen LogP contribution < -0.4 is 0 Å². The zero-order chi connectivity index (χ0) is 24.2. The lowest BCUT2D eigenvalue weighted by atomic mass is 9.88. The van der Waals surface area contributed by atoms with Crippen molar-refractivity contribution in [3.63, 3.8) is 0 Å². The van der Waals surface area contributed by atoms with Gasteiger partial charge in [-0.2, -0.15) is 0 Å². The van der Waals surface area contributed by atoms with Crippen LogP contribution in [0.1, 0.15) is 60.0 Å². The van der Waals surface area contributed by atoms with E-state index in [9.17, 15) is 4.79 Å². The quantitative estimate of drug-likeness (QED) is 0.277. The molecule has 0 amide bonds. The van der Waals surface area contributed by atoms with E-state index < -0.39 is 0 Å². The Morgan fingerprint density at radius 2 is 1.79 bits per heavy atom. The average molecular weight is 476 g/mol. The fourth-order valence-electron chi connectivity index (χ4n) is 4.47. The van der Waals surface area contributed by atoms with Crippen LogP contribution in [0, 0.1) is 13.8 Å². The molecular weight excluding hydrogens is 446 g/mol. The Bertz CT molecular complexity index is 1310. The number of fused-ring (bicyclic) bond motifs is 1. The van der Waals surface area contributed by atoms with Crippen LogP contribution in [0.5, 0.6) is 0 Å². The van der Waals surface area contributed by atoms with Crippen LogP contribution in [0.3, 0.4) is 0 Å². The molecule has 0 aliphatic rings. The zero-order valence-electron chi connectivity index (χ0n) is 20.1. The first-order chi connectivity index (χ1) is 16.4. The fourth-order valence-corrected chi connectivity index (χ4v) is 4.74. The Labute approximate surface area is 205 Å². The molecule has 176 valence electrons. The van der Waals surface area contributed by atoms with Crippen molar-refractivity contribution in [3.8, 4) is 0 Å². The lowest BCUT2D eigenvalue weighted by molar-refractivity contribution is -0.143. The van der Waals surface area contributed by atoms with Crippen molar-refractivity contribution in [2.24, 2.45) is 0 Å². The van der Waals surface area contributed by atoms with Crippen molar-refractivity contribution in [2.75, 3.05) is 6.61 Å². The molecule has 0 spiro atoms. The molecule has 0 aliphatic carbocycles. The van der Waals surface area contributed by atoms with Gasteiger partial charge in [0.1, 0.15) is 11.3 Å². The smallest absolute Gasteiger partial charge is 0.306 e. The highest BCUT2D eigenvalue weighted by Crippen LogP contribution is 2.33. The van der Waals surface area contributed by atoms with E-state index in [4.69, 9.17) is 26.3 Å². The molecule has 0 radical (unpaired) electrons. The summed E-state index contributed by atoms with van der Waals surface area (Å²) in [5, 5.41) is 0.648. The standard InChI is InChI=1S/C28H30ClN3O2/c1-5-25-31-27-18(3)15-19(4)30-28(27)32(25)17-20-11-13-21(14-12-20)23(16-26(33)34-6-2)22-9-7-8-10-24(22)29/h7-15,23H,5-6,16-17H2,1-4H3. The SMILES string of the molecule is CCOC(=O)CC(c1ccc(Cn2c(CC)nc3c(C)cc(C)nc32)cc1)c1ccccc1Cl. The molecule has 5 nitrogen and oxygen atoms in total. The van der Waals surface area contributed by atoms with Crippen LogP contribution in [0.2, 0.25) is 5.02 Å². The Kier molecular flexibility index (Phi) is 7.32. The molecule has 1 unspecified atom stereocenters. The van der Waals surface area contributed by atoms with Crippen molar-refractivity contribution < 1.29 is 9.53 Å². The van der Waals surface area contributed by atoms with Crippen LogP contribution in [0.4, 0.5) is 0 Å². The molecule has 2 aromatic heterocycles. The molecule has 2 aromatic carbocycles. The number of ether oxygens (including phenoxy) is 1. The molecule has 0 aliphatic heterocycles. The zero-order valence-corrected chi connectivity index (χ0v) is 20.9. The highest BCUT2D eigenvalue weighted by Gasteiger charge is 2.21. The number of aromatic nitrogens is 3. The number of rotatable bonds is 8. The molecule has 0 fully saturated rings. The number of nitrogens with zero attached hydrogens (tertiary/aromatic N) is 3. The minimum absolute atomic E-state index is 0.172. The third kappa shape index (κ3) is 5.00. The van der Waals surface area contributed by atoms with Crippen molar-refractivity contribution in [2.45, 2.75) is 53.0 Å². The molecule has 0 saturated heterocycles. The molecule has 34 heavy (non-hydrogen) atoms. The number of carbonyl (C=O) groups is 1. The minimum atomic E-state index is -0.231. The van der Waals surface area contributed by atoms with Gasteiger partial charge in [-0.1, -0.05) is 61.0 Å². The van der Waals surface area contributed by atoms with Gasteiger partial charge >= 0.3 is 5.97 Å². The third-order valence-electron chi connectivity index (χ3n) is 6.10. The second-order valence-corrected chi connectivity index (χ2v) is 8.95. The maximum absolute atomic E-state index is 12.4. The molecule has 4 aromatic rings. The highest BCUT2D eigenvalue weighted by molar-refractivity contribution is 6.31. The number of hydrogen-bond donors (Lipinski definition) is 0. The number of hydrogen-bond acceptors (Lipinski definition) is 4. The summed E-state index contributed by atoms with van der Waals surface area (Å²) in [7, 11) is 0. The number of imidazole rings is 1. The van der Waals surface area contributed by atoms with Gasteiger partial charge in [0.15, 0.2) is 5.65 Å². The topological polar surface area (TPSA) is 57.0 Å². The van der Waals surface area contributed by atoms with Gasteiger partial charge in [-0.05, 0) is 55.2 Å². The largest absolute Gasteiger partial charge is 0.466 e. The lowest BCUT2D eigenvalue weighted by Crippen LogP contribution is -2.12. The normalized spacial score (nSPS) is 12.1. The first-order valence-electron chi connectivity index (χ1n) is 11.7. The van der Waals surface area contributed by atoms with E-state index >= 15 is 0 Å². The molecule has 0 saturated carbocycles. The van der Waals surface area contributed by atoms with Gasteiger partial charge in [-0.3, -0.25) is 4.79 Å². The highest BCUT2D eigenvalue weighted by atomic mass is 35.5. The summed E-state index contributed by atoms with van der Waals surface area (Å²) in [6.45, 7) is 9.08. The Morgan fingerprint density at radius 1 is 1.06 bits per heavy atom. The summed E-state index contributed by atoms with van der Waals surface area (Å²) in [6, 6.07) is 18.1. The second kappa shape index (κ2) is 10.4. The number of esters is 1. The van der Waals surface area contributed by atoms with Crippen molar-refractivity contribution in [1.29, 1.82) is 0 Å².